The molecular formula is C31H29F5N2O. The quantitative estimate of drug-likeness (QED) is 0.192. The Morgan fingerprint density at radius 1 is 1.03 bits per heavy atom. The van der Waals surface area contributed by atoms with Gasteiger partial charge in [0.1, 0.15) is 11.6 Å². The van der Waals surface area contributed by atoms with Crippen molar-refractivity contribution in [2.75, 3.05) is 0 Å². The fraction of sp³-hybridized carbons (Fsp3) is 0.194. The number of aromatic amines is 1. The summed E-state index contributed by atoms with van der Waals surface area (Å²) in [6.45, 7) is 11.4. The number of H-pyrrole nitrogens is 1. The molecular weight excluding hydrogens is 511 g/mol. The third-order valence-corrected chi connectivity index (χ3v) is 5.84. The predicted molar refractivity (Wildman–Crippen MR) is 147 cm³/mol. The van der Waals surface area contributed by atoms with Crippen LogP contribution in [0.1, 0.15) is 44.5 Å². The molecule has 4 aromatic rings. The van der Waals surface area contributed by atoms with E-state index in [1.165, 1.54) is 30.5 Å². The summed E-state index contributed by atoms with van der Waals surface area (Å²) in [5, 5.41) is 0.286. The lowest BCUT2D eigenvalue weighted by molar-refractivity contribution is -0.137. The topological polar surface area (TPSA) is 37.8 Å². The van der Waals surface area contributed by atoms with Crippen LogP contribution in [-0.2, 0) is 12.7 Å². The maximum absolute atomic E-state index is 14.9. The lowest BCUT2D eigenvalue weighted by atomic mass is 9.97. The van der Waals surface area contributed by atoms with Gasteiger partial charge in [-0.1, -0.05) is 62.4 Å². The van der Waals surface area contributed by atoms with Crippen LogP contribution in [0.2, 0.25) is 0 Å². The van der Waals surface area contributed by atoms with Crippen molar-refractivity contribution in [2.45, 2.75) is 40.4 Å². The summed E-state index contributed by atoms with van der Waals surface area (Å²) in [5.41, 5.74) is 2.03. The number of benzene rings is 2. The fourth-order valence-corrected chi connectivity index (χ4v) is 4.33. The standard InChI is InChI=1S/C29H23F5N2O.C2H6/c1-4-5-19(14-17(2)3)27-25(18-7-10-22(30)11-8-18)26-24(12-13-35-28(26)37)36(27)16-20-6-9-21(15-23(20)31)29(32,33)34;1-2/h4-15H,1,16H2,2-3H3,(H,35,37);1-2H3/b19-5+;. The Kier molecular flexibility index (Phi) is 9.11. The van der Waals surface area contributed by atoms with Crippen LogP contribution in [0.25, 0.3) is 27.6 Å². The zero-order chi connectivity index (χ0) is 28.9. The number of allylic oxidation sites excluding steroid dienone is 5. The maximum atomic E-state index is 14.9. The average Bonchev–Trinajstić information content (AvgIpc) is 3.21. The first kappa shape index (κ1) is 29.4. The SMILES string of the molecule is C=C/C=C(\C=C(C)C)c1c(-c2ccc(F)cc2)c2c(=O)[nH]ccc2n1Cc1ccc(C(F)(F)F)cc1F.CC. The Balaban J connectivity index is 0.00000205. The first-order chi connectivity index (χ1) is 18.5. The van der Waals surface area contributed by atoms with Gasteiger partial charge in [0, 0.05) is 17.3 Å². The summed E-state index contributed by atoms with van der Waals surface area (Å²) in [5.74, 6) is -1.48. The van der Waals surface area contributed by atoms with E-state index < -0.39 is 28.9 Å². The monoisotopic (exact) mass is 540 g/mol. The molecule has 1 N–H and O–H groups in total. The van der Waals surface area contributed by atoms with Gasteiger partial charge in [-0.15, -0.1) is 0 Å². The average molecular weight is 541 g/mol. The molecule has 0 bridgehead atoms. The van der Waals surface area contributed by atoms with E-state index in [1.807, 2.05) is 33.8 Å². The zero-order valence-corrected chi connectivity index (χ0v) is 22.1. The van der Waals surface area contributed by atoms with Crippen LogP contribution in [-0.4, -0.2) is 9.55 Å². The first-order valence-corrected chi connectivity index (χ1v) is 12.3. The maximum Gasteiger partial charge on any atom is 0.416 e. The Morgan fingerprint density at radius 2 is 1.69 bits per heavy atom. The molecule has 0 aliphatic carbocycles. The number of halogens is 5. The Morgan fingerprint density at radius 3 is 2.26 bits per heavy atom. The number of nitrogens with zero attached hydrogens (tertiary/aromatic N) is 1. The van der Waals surface area contributed by atoms with Crippen LogP contribution < -0.4 is 5.56 Å². The van der Waals surface area contributed by atoms with Gasteiger partial charge in [0.05, 0.1) is 28.7 Å². The molecule has 0 saturated heterocycles. The molecule has 2 aromatic heterocycles. The second-order valence-electron chi connectivity index (χ2n) is 8.77. The summed E-state index contributed by atoms with van der Waals surface area (Å²) in [7, 11) is 0. The van der Waals surface area contributed by atoms with Crippen LogP contribution in [0.3, 0.4) is 0 Å². The molecule has 0 unspecified atom stereocenters. The number of fused-ring (bicyclic) bond motifs is 1. The minimum Gasteiger partial charge on any atom is -0.335 e. The Bertz CT molecular complexity index is 1600. The predicted octanol–water partition coefficient (Wildman–Crippen LogP) is 8.90. The number of pyridine rings is 1. The van der Waals surface area contributed by atoms with Gasteiger partial charge in [-0.05, 0) is 55.3 Å². The number of rotatable bonds is 6. The highest BCUT2D eigenvalue weighted by molar-refractivity contribution is 6.03. The largest absolute Gasteiger partial charge is 0.416 e. The summed E-state index contributed by atoms with van der Waals surface area (Å²) in [6, 6.07) is 9.65. The van der Waals surface area contributed by atoms with Crippen molar-refractivity contribution in [3.05, 3.63) is 124 Å². The summed E-state index contributed by atoms with van der Waals surface area (Å²) >= 11 is 0. The minimum absolute atomic E-state index is 0.00670. The van der Waals surface area contributed by atoms with Gasteiger partial charge in [-0.3, -0.25) is 4.79 Å². The number of aromatic nitrogens is 2. The van der Waals surface area contributed by atoms with Gasteiger partial charge < -0.3 is 9.55 Å². The van der Waals surface area contributed by atoms with Crippen molar-refractivity contribution in [3.63, 3.8) is 0 Å². The number of alkyl halides is 3. The zero-order valence-electron chi connectivity index (χ0n) is 22.1. The van der Waals surface area contributed by atoms with Gasteiger partial charge in [-0.25, -0.2) is 8.78 Å². The van der Waals surface area contributed by atoms with Crippen molar-refractivity contribution in [2.24, 2.45) is 0 Å². The third kappa shape index (κ3) is 6.28. The lowest BCUT2D eigenvalue weighted by Gasteiger charge is -2.16. The molecule has 0 spiro atoms. The van der Waals surface area contributed by atoms with E-state index in [2.05, 4.69) is 11.6 Å². The van der Waals surface area contributed by atoms with Crippen molar-refractivity contribution in [1.82, 2.24) is 9.55 Å². The Hall–Kier alpha value is -4.20. The van der Waals surface area contributed by atoms with Crippen molar-refractivity contribution >= 4 is 16.5 Å². The Labute approximate surface area is 223 Å². The third-order valence-electron chi connectivity index (χ3n) is 5.84. The fourth-order valence-electron chi connectivity index (χ4n) is 4.33. The molecule has 0 radical (unpaired) electrons. The number of hydrogen-bond acceptors (Lipinski definition) is 1. The highest BCUT2D eigenvalue weighted by Crippen LogP contribution is 2.39. The number of hydrogen-bond donors (Lipinski definition) is 1. The van der Waals surface area contributed by atoms with E-state index >= 15 is 0 Å². The van der Waals surface area contributed by atoms with Crippen LogP contribution in [0.4, 0.5) is 22.0 Å². The molecule has 0 aliphatic rings. The van der Waals surface area contributed by atoms with Gasteiger partial charge in [-0.2, -0.15) is 13.2 Å². The molecule has 0 amide bonds. The van der Waals surface area contributed by atoms with Gasteiger partial charge in [0.2, 0.25) is 0 Å². The van der Waals surface area contributed by atoms with Crippen molar-refractivity contribution < 1.29 is 22.0 Å². The molecule has 2 aromatic carbocycles. The second-order valence-corrected chi connectivity index (χ2v) is 8.77. The highest BCUT2D eigenvalue weighted by Gasteiger charge is 2.31. The van der Waals surface area contributed by atoms with Crippen LogP contribution in [0, 0.1) is 11.6 Å². The summed E-state index contributed by atoms with van der Waals surface area (Å²) in [4.78, 5) is 15.7. The first-order valence-electron chi connectivity index (χ1n) is 12.3. The van der Waals surface area contributed by atoms with E-state index in [0.29, 0.717) is 34.0 Å². The van der Waals surface area contributed by atoms with E-state index in [0.717, 1.165) is 17.7 Å². The van der Waals surface area contributed by atoms with Crippen molar-refractivity contribution in [3.8, 4) is 11.1 Å². The normalized spacial score (nSPS) is 11.7. The van der Waals surface area contributed by atoms with Crippen molar-refractivity contribution in [1.29, 1.82) is 0 Å². The summed E-state index contributed by atoms with van der Waals surface area (Å²) in [6.07, 6.45) is 1.91. The molecule has 0 saturated carbocycles. The molecule has 4 rings (SSSR count). The van der Waals surface area contributed by atoms with E-state index in [1.54, 1.807) is 22.8 Å². The van der Waals surface area contributed by atoms with Gasteiger partial charge in [0.15, 0.2) is 0 Å². The minimum atomic E-state index is -4.68. The van der Waals surface area contributed by atoms with E-state index in [-0.39, 0.29) is 17.5 Å². The van der Waals surface area contributed by atoms with Gasteiger partial charge >= 0.3 is 6.18 Å². The van der Waals surface area contributed by atoms with E-state index in [4.69, 9.17) is 0 Å². The molecule has 204 valence electrons. The smallest absolute Gasteiger partial charge is 0.335 e. The van der Waals surface area contributed by atoms with Crippen LogP contribution in [0.15, 0.2) is 89.9 Å². The summed E-state index contributed by atoms with van der Waals surface area (Å²) < 4.78 is 69.7. The van der Waals surface area contributed by atoms with Crippen LogP contribution in [0.5, 0.6) is 0 Å². The lowest BCUT2D eigenvalue weighted by Crippen LogP contribution is -2.10. The molecule has 3 nitrogen and oxygen atoms in total. The highest BCUT2D eigenvalue weighted by atomic mass is 19.4. The van der Waals surface area contributed by atoms with Gasteiger partial charge in [0.25, 0.3) is 5.56 Å². The molecule has 0 fully saturated rings. The molecule has 0 atom stereocenters. The molecule has 2 heterocycles. The van der Waals surface area contributed by atoms with E-state index in [9.17, 15) is 26.7 Å². The molecule has 39 heavy (non-hydrogen) atoms. The molecule has 0 aliphatic heterocycles. The van der Waals surface area contributed by atoms with Crippen LogP contribution >= 0.6 is 0 Å². The number of nitrogens with one attached hydrogen (secondary N) is 1. The molecule has 8 heteroatoms. The second kappa shape index (κ2) is 12.1.